The van der Waals surface area contributed by atoms with Gasteiger partial charge in [0.2, 0.25) is 28.1 Å². The van der Waals surface area contributed by atoms with Crippen LogP contribution in [0.3, 0.4) is 0 Å². The molecule has 4 atom stereocenters. The summed E-state index contributed by atoms with van der Waals surface area (Å²) in [5.74, 6) is -4.16. The molecular formula is C25H27B2ClN6O10S2. The summed E-state index contributed by atoms with van der Waals surface area (Å²) in [6.07, 6.45) is -2.25. The smallest absolute Gasteiger partial charge is 0.414 e. The van der Waals surface area contributed by atoms with E-state index in [4.69, 9.17) is 30.5 Å². The second-order valence-corrected chi connectivity index (χ2v) is 13.1. The van der Waals surface area contributed by atoms with Gasteiger partial charge in [-0.3, -0.25) is 19.8 Å². The van der Waals surface area contributed by atoms with Gasteiger partial charge < -0.3 is 28.8 Å². The zero-order valence-corrected chi connectivity index (χ0v) is 27.5. The van der Waals surface area contributed by atoms with E-state index in [1.807, 2.05) is 0 Å². The van der Waals surface area contributed by atoms with Crippen molar-refractivity contribution in [3.05, 3.63) is 53.0 Å². The molecule has 0 aliphatic carbocycles. The number of rotatable bonds is 10. The van der Waals surface area contributed by atoms with Crippen molar-refractivity contribution in [2.45, 2.75) is 43.9 Å². The molecule has 16 nitrogen and oxygen atoms in total. The summed E-state index contributed by atoms with van der Waals surface area (Å²) >= 11 is 4.86. The first-order valence-corrected chi connectivity index (χ1v) is 16.1. The molecule has 0 radical (unpaired) electrons. The molecule has 3 heterocycles. The van der Waals surface area contributed by atoms with Crippen molar-refractivity contribution in [3.63, 3.8) is 0 Å². The number of hydrogen-bond acceptors (Lipinski definition) is 14. The van der Waals surface area contributed by atoms with Crippen LogP contribution in [0.1, 0.15) is 38.3 Å². The Morgan fingerprint density at radius 3 is 2.52 bits per heavy atom. The van der Waals surface area contributed by atoms with E-state index >= 15 is 0 Å². The predicted molar refractivity (Wildman–Crippen MR) is 169 cm³/mol. The summed E-state index contributed by atoms with van der Waals surface area (Å²) in [6.45, 7) is 4.99. The molecule has 0 spiro atoms. The average molecular weight is 693 g/mol. The Balaban J connectivity index is 1.65. The fourth-order valence-electron chi connectivity index (χ4n) is 4.28. The van der Waals surface area contributed by atoms with E-state index in [1.165, 1.54) is 0 Å². The average Bonchev–Trinajstić information content (AvgIpc) is 3.47. The lowest BCUT2D eigenvalue weighted by Gasteiger charge is -2.49. The Morgan fingerprint density at radius 2 is 1.91 bits per heavy atom. The Labute approximate surface area is 276 Å². The van der Waals surface area contributed by atoms with Gasteiger partial charge in [0.05, 0.1) is 5.88 Å². The number of anilines is 1. The van der Waals surface area contributed by atoms with E-state index in [0.717, 1.165) is 21.0 Å². The first-order chi connectivity index (χ1) is 21.8. The van der Waals surface area contributed by atoms with Crippen molar-refractivity contribution in [2.24, 2.45) is 5.16 Å². The predicted octanol–water partition coefficient (Wildman–Crippen LogP) is -0.562. The lowest BCUT2D eigenvalue weighted by molar-refractivity contribution is -0.149. The highest BCUT2D eigenvalue weighted by Gasteiger charge is 2.61. The minimum absolute atomic E-state index is 0.0712. The monoisotopic (exact) mass is 692 g/mol. The van der Waals surface area contributed by atoms with E-state index in [2.05, 4.69) is 25.1 Å². The van der Waals surface area contributed by atoms with Crippen LogP contribution in [0.25, 0.3) is 0 Å². The number of alkyl halides is 1. The topological polar surface area (TPSA) is 211 Å². The fourth-order valence-corrected chi connectivity index (χ4v) is 6.85. The van der Waals surface area contributed by atoms with E-state index < -0.39 is 69.9 Å². The summed E-state index contributed by atoms with van der Waals surface area (Å²) in [6, 6.07) is 6.79. The highest BCUT2D eigenvalue weighted by molar-refractivity contribution is 7.92. The molecule has 0 saturated carbocycles. The highest BCUT2D eigenvalue weighted by Crippen LogP contribution is 2.37. The molecule has 2 aliphatic rings. The van der Waals surface area contributed by atoms with Gasteiger partial charge in [-0.15, -0.1) is 11.6 Å². The van der Waals surface area contributed by atoms with Crippen LogP contribution >= 0.6 is 23.1 Å². The molecule has 1 saturated heterocycles. The number of halogens is 1. The Bertz CT molecular complexity index is 1590. The third-order valence-electron chi connectivity index (χ3n) is 6.26. The van der Waals surface area contributed by atoms with Gasteiger partial charge in [-0.2, -0.15) is 9.36 Å². The third kappa shape index (κ3) is 7.63. The van der Waals surface area contributed by atoms with Crippen LogP contribution < -0.4 is 10.6 Å². The lowest BCUT2D eigenvalue weighted by atomic mass is 10.0. The van der Waals surface area contributed by atoms with Crippen molar-refractivity contribution in [3.8, 4) is 0 Å². The molecule has 21 heteroatoms. The molecule has 4 rings (SSSR count). The quantitative estimate of drug-likeness (QED) is 0.0802. The molecule has 1 aromatic heterocycles. The fraction of sp³-hybridized carbons (Fsp3) is 0.360. The van der Waals surface area contributed by atoms with Crippen LogP contribution in [-0.4, -0.2) is 99.1 Å². The van der Waals surface area contributed by atoms with Crippen molar-refractivity contribution in [1.82, 2.24) is 19.6 Å². The number of amides is 3. The molecule has 0 bridgehead atoms. The number of carbonyl (C=O) groups excluding carboxylic acids is 5. The number of oxime groups is 1. The molecule has 1 unspecified atom stereocenters. The number of carbonyl (C=O) groups is 5. The van der Waals surface area contributed by atoms with Gasteiger partial charge in [-0.1, -0.05) is 35.5 Å². The largest absolute Gasteiger partial charge is 0.614 e. The molecule has 1 fully saturated rings. The molecule has 2 aliphatic heterocycles. The normalized spacial score (nSPS) is 20.1. The Kier molecular flexibility index (Phi) is 11.0. The summed E-state index contributed by atoms with van der Waals surface area (Å²) in [5, 5.41) is 7.52. The zero-order valence-electron chi connectivity index (χ0n) is 25.1. The number of ether oxygens (including phenoxy) is 1. The molecule has 242 valence electrons. The van der Waals surface area contributed by atoms with Gasteiger partial charge in [0, 0.05) is 22.7 Å². The van der Waals surface area contributed by atoms with Gasteiger partial charge in [0.15, 0.2) is 6.04 Å². The molecule has 46 heavy (non-hydrogen) atoms. The minimum Gasteiger partial charge on any atom is -0.614 e. The van der Waals surface area contributed by atoms with Gasteiger partial charge >= 0.3 is 34.1 Å². The number of fused-ring (bicyclic) bond motifs is 1. The van der Waals surface area contributed by atoms with Crippen molar-refractivity contribution in [1.29, 1.82) is 0 Å². The van der Waals surface area contributed by atoms with Gasteiger partial charge in [-0.05, 0) is 31.9 Å². The van der Waals surface area contributed by atoms with Crippen LogP contribution in [-0.2, 0) is 49.2 Å². The van der Waals surface area contributed by atoms with Crippen molar-refractivity contribution >= 4 is 91.1 Å². The number of aromatic nitrogens is 2. The summed E-state index contributed by atoms with van der Waals surface area (Å²) in [7, 11) is 2.26. The molecule has 2 N–H and O–H groups in total. The SMILES string of the molecule is BOC(=O)C1=C(CCl)C[S+]([O-])[C@@H]2[C@H](NC(=O)/C(=N\O[C@H](C(=O)OB)c3ccccc3)c3nsc(NC(=O)OC(C)(C)C)n3)C(=O)N12. The van der Waals surface area contributed by atoms with Gasteiger partial charge in [0.1, 0.15) is 17.1 Å². The van der Waals surface area contributed by atoms with Crippen LogP contribution in [0.4, 0.5) is 9.93 Å². The van der Waals surface area contributed by atoms with Crippen molar-refractivity contribution < 1.29 is 47.4 Å². The second-order valence-electron chi connectivity index (χ2n) is 10.6. The molecule has 3 amide bonds. The summed E-state index contributed by atoms with van der Waals surface area (Å²) in [4.78, 5) is 74.7. The highest BCUT2D eigenvalue weighted by atomic mass is 35.5. The first-order valence-electron chi connectivity index (χ1n) is 13.4. The zero-order chi connectivity index (χ0) is 33.8. The van der Waals surface area contributed by atoms with Gasteiger partial charge in [0.25, 0.3) is 11.8 Å². The summed E-state index contributed by atoms with van der Waals surface area (Å²) in [5.41, 5.74) is -0.956. The van der Waals surface area contributed by atoms with Crippen LogP contribution in [0, 0.1) is 0 Å². The van der Waals surface area contributed by atoms with Crippen LogP contribution in [0.5, 0.6) is 0 Å². The maximum Gasteiger partial charge on any atom is 0.414 e. The first kappa shape index (κ1) is 34.7. The van der Waals surface area contributed by atoms with Crippen molar-refractivity contribution in [2.75, 3.05) is 16.9 Å². The van der Waals surface area contributed by atoms with Crippen LogP contribution in [0.15, 0.2) is 46.8 Å². The molecule has 1 aromatic carbocycles. The van der Waals surface area contributed by atoms with E-state index in [1.54, 1.807) is 51.1 Å². The van der Waals surface area contributed by atoms with Gasteiger partial charge in [-0.25, -0.2) is 14.4 Å². The minimum atomic E-state index is -1.76. The lowest BCUT2D eigenvalue weighted by Crippen LogP contribution is -2.75. The maximum absolute atomic E-state index is 13.7. The van der Waals surface area contributed by atoms with Crippen LogP contribution in [0.2, 0.25) is 0 Å². The number of nitrogens with one attached hydrogen (secondary N) is 2. The number of β-lactam (4-membered cyclic amide) rings is 1. The standard InChI is InChI=1S/C25H27B2ClN6O10S2/c1-25(2,3)41-24(39)31-23-30-17(33-45-23)13(32-44-16(22(38)43-27)11-7-5-4-6-8-11)18(35)29-14-19(36)34-15(21(37)42-26)12(9-28)10-46(40)20(14)34/h4-8,14,16,20H,9-10,26-27H2,1-3H3,(H,29,35)(H,30,31,33,39)/b32-13-/t14-,16+,20-,46?/m1/s1. The maximum atomic E-state index is 13.7. The third-order valence-corrected chi connectivity index (χ3v) is 8.87. The second kappa shape index (κ2) is 14.5. The molecule has 2 aromatic rings. The van der Waals surface area contributed by atoms with E-state index in [-0.39, 0.29) is 33.9 Å². The molecular weight excluding hydrogens is 666 g/mol. The Hall–Kier alpha value is -4.13. The van der Waals surface area contributed by atoms with E-state index in [0.29, 0.717) is 17.1 Å². The number of hydrogen-bond donors (Lipinski definition) is 2. The number of nitrogens with zero attached hydrogens (tertiary/aromatic N) is 4. The van der Waals surface area contributed by atoms with E-state index in [9.17, 15) is 28.5 Å². The number of benzene rings is 1. The Morgan fingerprint density at radius 1 is 1.22 bits per heavy atom. The summed E-state index contributed by atoms with van der Waals surface area (Å²) < 4.78 is 32.0.